The molecule has 50 valence electrons. The zero-order valence-electron chi connectivity index (χ0n) is 4.79. The molecular formula is C3H8BF3N-. The van der Waals surface area contributed by atoms with E-state index in [1.165, 1.54) is 19.1 Å². The lowest BCUT2D eigenvalue weighted by atomic mass is 10.1. The van der Waals surface area contributed by atoms with Crippen LogP contribution in [-0.2, 0) is 0 Å². The molecule has 0 aromatic carbocycles. The molecule has 0 unspecified atom stereocenters. The quantitative estimate of drug-likeness (QED) is 0.550. The molecule has 0 aliphatic heterocycles. The molecule has 0 aliphatic rings. The molecule has 0 amide bonds. The molecule has 0 spiro atoms. The molecule has 0 atom stereocenters. The highest BCUT2D eigenvalue weighted by atomic mass is 19.4. The summed E-state index contributed by atoms with van der Waals surface area (Å²) in [6, 6.07) is -0.505. The van der Waals surface area contributed by atoms with Gasteiger partial charge in [0.15, 0.2) is 0 Å². The van der Waals surface area contributed by atoms with Crippen molar-refractivity contribution in [1.29, 1.82) is 0 Å². The predicted molar refractivity (Wildman–Crippen MR) is 27.3 cm³/mol. The van der Waals surface area contributed by atoms with Crippen molar-refractivity contribution < 1.29 is 12.9 Å². The Morgan fingerprint density at radius 2 is 1.62 bits per heavy atom. The number of nitrogens with one attached hydrogen (secondary N) is 1. The van der Waals surface area contributed by atoms with Crippen molar-refractivity contribution in [2.45, 2.75) is 19.9 Å². The van der Waals surface area contributed by atoms with Crippen LogP contribution in [0.1, 0.15) is 13.8 Å². The van der Waals surface area contributed by atoms with Gasteiger partial charge in [0.25, 0.3) is 0 Å². The molecule has 0 aromatic heterocycles. The topological polar surface area (TPSA) is 12.0 Å². The van der Waals surface area contributed by atoms with E-state index in [4.69, 9.17) is 0 Å². The first-order valence-electron chi connectivity index (χ1n) is 2.39. The molecule has 0 saturated carbocycles. The Balaban J connectivity index is 3.39. The second-order valence-corrected chi connectivity index (χ2v) is 1.90. The van der Waals surface area contributed by atoms with Gasteiger partial charge in [-0.2, -0.15) is 0 Å². The molecule has 0 rings (SSSR count). The van der Waals surface area contributed by atoms with Crippen LogP contribution in [0.4, 0.5) is 12.9 Å². The maximum Gasteiger partial charge on any atom is 0.564 e. The molecule has 0 aromatic rings. The smallest absolute Gasteiger partial charge is 0.434 e. The molecular weight excluding hydrogens is 118 g/mol. The predicted octanol–water partition coefficient (Wildman–Crippen LogP) is 1.33. The average Bonchev–Trinajstić information content (AvgIpc) is 1.21. The van der Waals surface area contributed by atoms with Gasteiger partial charge >= 0.3 is 7.11 Å². The van der Waals surface area contributed by atoms with E-state index in [0.717, 1.165) is 0 Å². The summed E-state index contributed by atoms with van der Waals surface area (Å²) in [7, 11) is -4.79. The van der Waals surface area contributed by atoms with Gasteiger partial charge in [-0.05, 0) is 6.04 Å². The summed E-state index contributed by atoms with van der Waals surface area (Å²) in [6.07, 6.45) is 0. The van der Waals surface area contributed by atoms with Gasteiger partial charge in [0.1, 0.15) is 0 Å². The monoisotopic (exact) mass is 126 g/mol. The molecule has 5 heteroatoms. The third-order valence-corrected chi connectivity index (χ3v) is 0.522. The van der Waals surface area contributed by atoms with Crippen molar-refractivity contribution in [2.24, 2.45) is 0 Å². The second kappa shape index (κ2) is 2.39. The van der Waals surface area contributed by atoms with Crippen molar-refractivity contribution >= 4 is 7.11 Å². The van der Waals surface area contributed by atoms with Crippen LogP contribution in [0.3, 0.4) is 0 Å². The van der Waals surface area contributed by atoms with Crippen LogP contribution in [0.5, 0.6) is 0 Å². The van der Waals surface area contributed by atoms with Crippen LogP contribution in [-0.4, -0.2) is 13.2 Å². The number of hydrogen-bond acceptors (Lipinski definition) is 1. The van der Waals surface area contributed by atoms with Crippen LogP contribution in [0, 0.1) is 0 Å². The van der Waals surface area contributed by atoms with Crippen LogP contribution in [0.15, 0.2) is 0 Å². The molecule has 8 heavy (non-hydrogen) atoms. The van der Waals surface area contributed by atoms with Gasteiger partial charge in [0.05, 0.1) is 0 Å². The van der Waals surface area contributed by atoms with E-state index in [1.54, 1.807) is 0 Å². The van der Waals surface area contributed by atoms with Gasteiger partial charge in [0.2, 0.25) is 0 Å². The van der Waals surface area contributed by atoms with Crippen LogP contribution >= 0.6 is 0 Å². The van der Waals surface area contributed by atoms with Gasteiger partial charge in [-0.25, -0.2) is 0 Å². The van der Waals surface area contributed by atoms with Gasteiger partial charge < -0.3 is 18.2 Å². The standard InChI is InChI=1S/C3H8BF3N/c1-3(2)8-4(5,6)7/h3,8H,1-2H3/q-1. The summed E-state index contributed by atoms with van der Waals surface area (Å²) in [5.41, 5.74) is 0. The average molecular weight is 126 g/mol. The Labute approximate surface area is 46.3 Å². The summed E-state index contributed by atoms with van der Waals surface area (Å²) < 4.78 is 33.8. The first kappa shape index (κ1) is 7.81. The minimum Gasteiger partial charge on any atom is -0.434 e. The van der Waals surface area contributed by atoms with Crippen molar-refractivity contribution in [1.82, 2.24) is 5.23 Å². The molecule has 1 nitrogen and oxygen atoms in total. The van der Waals surface area contributed by atoms with Crippen LogP contribution in [0.25, 0.3) is 0 Å². The molecule has 0 aliphatic carbocycles. The molecule has 0 fully saturated rings. The maximum absolute atomic E-state index is 11.3. The third-order valence-electron chi connectivity index (χ3n) is 0.522. The Morgan fingerprint density at radius 3 is 1.62 bits per heavy atom. The minimum absolute atomic E-state index is 0.505. The summed E-state index contributed by atoms with van der Waals surface area (Å²) in [4.78, 5) is 0. The van der Waals surface area contributed by atoms with E-state index in [9.17, 15) is 12.9 Å². The molecule has 0 radical (unpaired) electrons. The Kier molecular flexibility index (Phi) is 2.34. The van der Waals surface area contributed by atoms with Crippen LogP contribution in [0.2, 0.25) is 0 Å². The summed E-state index contributed by atoms with van der Waals surface area (Å²) in [6.45, 7) is 2.91. The Hall–Kier alpha value is -0.185. The molecule has 1 N–H and O–H groups in total. The Bertz CT molecular complexity index is 69.4. The summed E-state index contributed by atoms with van der Waals surface area (Å²) >= 11 is 0. The third kappa shape index (κ3) is 5.81. The van der Waals surface area contributed by atoms with E-state index in [1.807, 2.05) is 0 Å². The van der Waals surface area contributed by atoms with Gasteiger partial charge in [0, 0.05) is 0 Å². The van der Waals surface area contributed by atoms with E-state index < -0.39 is 13.2 Å². The van der Waals surface area contributed by atoms with E-state index >= 15 is 0 Å². The lowest BCUT2D eigenvalue weighted by Gasteiger charge is -2.18. The lowest BCUT2D eigenvalue weighted by Crippen LogP contribution is -2.42. The van der Waals surface area contributed by atoms with Crippen molar-refractivity contribution in [3.63, 3.8) is 0 Å². The van der Waals surface area contributed by atoms with Crippen LogP contribution < -0.4 is 5.23 Å². The first-order valence-corrected chi connectivity index (χ1v) is 2.39. The summed E-state index contributed by atoms with van der Waals surface area (Å²) in [5, 5.41) is 1.44. The molecule has 0 saturated heterocycles. The van der Waals surface area contributed by atoms with Crippen molar-refractivity contribution in [2.75, 3.05) is 0 Å². The number of hydrogen-bond donors (Lipinski definition) is 1. The van der Waals surface area contributed by atoms with E-state index in [-0.39, 0.29) is 0 Å². The second-order valence-electron chi connectivity index (χ2n) is 1.90. The fourth-order valence-electron chi connectivity index (χ4n) is 0.378. The first-order chi connectivity index (χ1) is 3.42. The van der Waals surface area contributed by atoms with Crippen molar-refractivity contribution in [3.8, 4) is 0 Å². The SMILES string of the molecule is CC(C)N[B-](F)(F)F. The fourth-order valence-corrected chi connectivity index (χ4v) is 0.378. The van der Waals surface area contributed by atoms with Gasteiger partial charge in [-0.1, -0.05) is 13.8 Å². The zero-order chi connectivity index (χ0) is 6.78. The zero-order valence-corrected chi connectivity index (χ0v) is 4.79. The maximum atomic E-state index is 11.3. The van der Waals surface area contributed by atoms with E-state index in [2.05, 4.69) is 0 Å². The Morgan fingerprint density at radius 1 is 1.25 bits per heavy atom. The van der Waals surface area contributed by atoms with Crippen molar-refractivity contribution in [3.05, 3.63) is 0 Å². The normalized spacial score (nSPS) is 12.8. The highest BCUT2D eigenvalue weighted by Crippen LogP contribution is 2.03. The minimum atomic E-state index is -4.79. The number of rotatable bonds is 2. The summed E-state index contributed by atoms with van der Waals surface area (Å²) in [5.74, 6) is 0. The molecule has 0 bridgehead atoms. The fraction of sp³-hybridized carbons (Fsp3) is 1.00. The van der Waals surface area contributed by atoms with Gasteiger partial charge in [-0.15, -0.1) is 0 Å². The lowest BCUT2D eigenvalue weighted by molar-refractivity contribution is 0.421. The largest absolute Gasteiger partial charge is 0.564 e. The molecule has 0 heterocycles. The number of halogens is 3. The van der Waals surface area contributed by atoms with Gasteiger partial charge in [-0.3, -0.25) is 0 Å². The van der Waals surface area contributed by atoms with E-state index in [0.29, 0.717) is 0 Å². The highest BCUT2D eigenvalue weighted by molar-refractivity contribution is 6.55. The highest BCUT2D eigenvalue weighted by Gasteiger charge is 2.23.